The second-order valence-corrected chi connectivity index (χ2v) is 11.2. The van der Waals surface area contributed by atoms with Crippen LogP contribution in [0.25, 0.3) is 0 Å². The molecule has 0 aromatic carbocycles. The van der Waals surface area contributed by atoms with Crippen LogP contribution in [0.1, 0.15) is 71.5 Å². The van der Waals surface area contributed by atoms with Crippen molar-refractivity contribution < 1.29 is 23.9 Å². The Labute approximate surface area is 232 Å². The molecule has 3 rings (SSSR count). The lowest BCUT2D eigenvalue weighted by Crippen LogP contribution is -2.46. The molecule has 2 N–H and O–H groups in total. The smallest absolute Gasteiger partial charge is 0.326 e. The number of carbonyl (C=O) groups is 4. The van der Waals surface area contributed by atoms with Crippen molar-refractivity contribution in [1.82, 2.24) is 15.6 Å². The second kappa shape index (κ2) is 17.4. The van der Waals surface area contributed by atoms with E-state index in [2.05, 4.69) is 34.5 Å². The van der Waals surface area contributed by atoms with Gasteiger partial charge in [0.05, 0.1) is 13.0 Å². The summed E-state index contributed by atoms with van der Waals surface area (Å²) >= 11 is 4.04. The third-order valence-corrected chi connectivity index (χ3v) is 7.51. The van der Waals surface area contributed by atoms with Gasteiger partial charge in [-0.15, -0.1) is 23.1 Å². The Bertz CT molecular complexity index is 979. The number of ether oxygens (including phenoxy) is 1. The van der Waals surface area contributed by atoms with Crippen molar-refractivity contribution in [2.24, 2.45) is 4.99 Å². The molecular formula is C25H38N4O5S3. The van der Waals surface area contributed by atoms with Crippen LogP contribution in [-0.2, 0) is 30.5 Å². The zero-order valence-electron chi connectivity index (χ0n) is 22.4. The van der Waals surface area contributed by atoms with E-state index in [1.54, 1.807) is 19.1 Å². The number of esters is 1. The van der Waals surface area contributed by atoms with Gasteiger partial charge in [0.15, 0.2) is 5.12 Å². The van der Waals surface area contributed by atoms with E-state index in [4.69, 9.17) is 4.74 Å². The fourth-order valence-corrected chi connectivity index (χ4v) is 5.35. The summed E-state index contributed by atoms with van der Waals surface area (Å²) in [7, 11) is 0. The first-order chi connectivity index (χ1) is 17.7. The Kier molecular flexibility index (Phi) is 15.4. The Morgan fingerprint density at radius 1 is 1.24 bits per heavy atom. The number of allylic oxidation sites excluding steroid dienone is 1. The molecule has 37 heavy (non-hydrogen) atoms. The normalized spacial score (nSPS) is 21.9. The molecule has 0 saturated carbocycles. The van der Waals surface area contributed by atoms with Crippen molar-refractivity contribution in [2.45, 2.75) is 79.0 Å². The van der Waals surface area contributed by atoms with E-state index < -0.39 is 17.6 Å². The summed E-state index contributed by atoms with van der Waals surface area (Å²) in [5.74, 6) is -0.271. The van der Waals surface area contributed by atoms with Crippen LogP contribution in [0.15, 0.2) is 22.5 Å². The van der Waals surface area contributed by atoms with E-state index in [-0.39, 0.29) is 36.4 Å². The molecule has 0 spiro atoms. The summed E-state index contributed by atoms with van der Waals surface area (Å²) in [4.78, 5) is 57.5. The standard InChI is InChI=1S/C20H24N4O5S3.C3H8.C2H6/c1-12(25)30-6-4-3-5-13-7-15(26)21-8-16-23-14(10-31-16)18-24-20(2,11-32-18)19(28)22-9-17(27)29-13;1-3-2;1-2/h3,5,10,13H,4,6-9,11H2,1-2H3,(H,21,26)(H,22,28);3H2,1-2H3;1-2H3/b5-3+;;/t13-,20+;;/m1../s1. The highest BCUT2D eigenvalue weighted by atomic mass is 32.2. The van der Waals surface area contributed by atoms with Crippen molar-refractivity contribution in [1.29, 1.82) is 0 Å². The Hall–Kier alpha value is -2.18. The van der Waals surface area contributed by atoms with Gasteiger partial charge in [0.25, 0.3) is 0 Å². The molecular weight excluding hydrogens is 532 g/mol. The molecule has 0 saturated heterocycles. The molecule has 12 heteroatoms. The maximum Gasteiger partial charge on any atom is 0.326 e. The molecule has 1 aromatic heterocycles. The van der Waals surface area contributed by atoms with Gasteiger partial charge in [0.1, 0.15) is 33.9 Å². The van der Waals surface area contributed by atoms with Crippen molar-refractivity contribution in [3.63, 3.8) is 0 Å². The zero-order chi connectivity index (χ0) is 27.8. The summed E-state index contributed by atoms with van der Waals surface area (Å²) < 4.78 is 5.41. The molecule has 2 atom stereocenters. The molecule has 0 fully saturated rings. The number of rotatable bonds is 4. The fourth-order valence-electron chi connectivity index (χ4n) is 2.89. The molecule has 4 bridgehead atoms. The minimum absolute atomic E-state index is 0.0285. The van der Waals surface area contributed by atoms with Crippen molar-refractivity contribution >= 4 is 62.8 Å². The number of hydrogen-bond acceptors (Lipinski definition) is 10. The molecule has 2 amide bonds. The first-order valence-corrected chi connectivity index (χ1v) is 15.2. The van der Waals surface area contributed by atoms with Crippen LogP contribution in [0.3, 0.4) is 0 Å². The topological polar surface area (TPSA) is 127 Å². The number of nitrogens with zero attached hydrogens (tertiary/aromatic N) is 2. The van der Waals surface area contributed by atoms with Gasteiger partial charge in [-0.1, -0.05) is 52.0 Å². The van der Waals surface area contributed by atoms with Gasteiger partial charge in [0.2, 0.25) is 11.8 Å². The summed E-state index contributed by atoms with van der Waals surface area (Å²) in [6.07, 6.45) is 4.40. The highest BCUT2D eigenvalue weighted by Crippen LogP contribution is 2.31. The van der Waals surface area contributed by atoms with Crippen LogP contribution >= 0.6 is 34.9 Å². The van der Waals surface area contributed by atoms with Gasteiger partial charge in [-0.2, -0.15) is 0 Å². The van der Waals surface area contributed by atoms with Crippen molar-refractivity contribution in [3.8, 4) is 0 Å². The van der Waals surface area contributed by atoms with Crippen LogP contribution in [0.4, 0.5) is 0 Å². The Morgan fingerprint density at radius 2 is 1.95 bits per heavy atom. The number of aliphatic imine (C=N–C) groups is 1. The number of thioether (sulfide) groups is 2. The average Bonchev–Trinajstić information content (AvgIpc) is 3.49. The molecule has 1 aromatic rings. The number of fused-ring (bicyclic) bond motifs is 4. The molecule has 9 nitrogen and oxygen atoms in total. The van der Waals surface area contributed by atoms with Crippen molar-refractivity contribution in [2.75, 3.05) is 18.1 Å². The molecule has 206 valence electrons. The van der Waals surface area contributed by atoms with E-state index in [1.165, 1.54) is 48.2 Å². The van der Waals surface area contributed by atoms with E-state index in [0.717, 1.165) is 0 Å². The molecule has 2 aliphatic heterocycles. The number of nitrogens with one attached hydrogen (secondary N) is 2. The number of cyclic esters (lactones) is 1. The highest BCUT2D eigenvalue weighted by molar-refractivity contribution is 8.14. The number of hydrogen-bond donors (Lipinski definition) is 2. The third kappa shape index (κ3) is 11.8. The van der Waals surface area contributed by atoms with E-state index >= 15 is 0 Å². The van der Waals surface area contributed by atoms with Gasteiger partial charge in [0, 0.05) is 23.8 Å². The lowest BCUT2D eigenvalue weighted by molar-refractivity contribution is -0.148. The van der Waals surface area contributed by atoms with Gasteiger partial charge < -0.3 is 15.4 Å². The quantitative estimate of drug-likeness (QED) is 0.315. The number of aromatic nitrogens is 1. The van der Waals surface area contributed by atoms with Crippen LogP contribution in [0, 0.1) is 0 Å². The Balaban J connectivity index is 0.00000127. The fraction of sp³-hybridized carbons (Fsp3) is 0.600. The number of amides is 2. The molecule has 3 heterocycles. The maximum atomic E-state index is 12.7. The van der Waals surface area contributed by atoms with Gasteiger partial charge in [-0.25, -0.2) is 4.98 Å². The predicted octanol–water partition coefficient (Wildman–Crippen LogP) is 4.11. The molecule has 0 aliphatic carbocycles. The van der Waals surface area contributed by atoms with Crippen molar-refractivity contribution in [3.05, 3.63) is 28.2 Å². The van der Waals surface area contributed by atoms with E-state index in [9.17, 15) is 19.2 Å². The van der Waals surface area contributed by atoms with E-state index in [1.807, 2.05) is 19.2 Å². The van der Waals surface area contributed by atoms with E-state index in [0.29, 0.717) is 33.7 Å². The first-order valence-electron chi connectivity index (χ1n) is 12.4. The van der Waals surface area contributed by atoms with Gasteiger partial charge >= 0.3 is 5.97 Å². The van der Waals surface area contributed by atoms with Crippen LogP contribution in [0.5, 0.6) is 0 Å². The molecule has 0 unspecified atom stereocenters. The summed E-state index contributed by atoms with van der Waals surface area (Å²) in [5, 5.41) is 8.65. The lowest BCUT2D eigenvalue weighted by Gasteiger charge is -2.19. The first kappa shape index (κ1) is 32.8. The largest absolute Gasteiger partial charge is 0.456 e. The Morgan fingerprint density at radius 3 is 2.62 bits per heavy atom. The number of thiazole rings is 1. The van der Waals surface area contributed by atoms with Crippen LogP contribution in [-0.4, -0.2) is 62.6 Å². The van der Waals surface area contributed by atoms with Crippen LogP contribution in [0.2, 0.25) is 0 Å². The average molecular weight is 571 g/mol. The van der Waals surface area contributed by atoms with Gasteiger partial charge in [-0.05, 0) is 19.4 Å². The monoisotopic (exact) mass is 570 g/mol. The summed E-state index contributed by atoms with van der Waals surface area (Å²) in [6.45, 7) is 11.4. The zero-order valence-corrected chi connectivity index (χ0v) is 24.9. The minimum atomic E-state index is -0.997. The molecule has 2 aliphatic rings. The SMILES string of the molecule is CC.CC(=O)SCC/C=C/[C@@H]1CC(=O)NCc2nc(cs2)C2=N[C@@](C)(CS2)C(=O)NCC(=O)O1.CCC. The summed E-state index contributed by atoms with van der Waals surface area (Å²) in [5.41, 5.74) is -0.320. The third-order valence-electron chi connectivity index (χ3n) is 4.54. The summed E-state index contributed by atoms with van der Waals surface area (Å²) in [6, 6.07) is 0. The van der Waals surface area contributed by atoms with Gasteiger partial charge in [-0.3, -0.25) is 24.2 Å². The molecule has 0 radical (unpaired) electrons. The predicted molar refractivity (Wildman–Crippen MR) is 153 cm³/mol. The van der Waals surface area contributed by atoms with Crippen LogP contribution < -0.4 is 10.6 Å². The second-order valence-electron chi connectivity index (χ2n) is 8.06. The highest BCUT2D eigenvalue weighted by Gasteiger charge is 2.39. The lowest BCUT2D eigenvalue weighted by atomic mass is 10.1. The maximum absolute atomic E-state index is 12.7. The minimum Gasteiger partial charge on any atom is -0.456 e. The number of carbonyl (C=O) groups excluding carboxylic acids is 4.